The average Bonchev–Trinajstić information content (AvgIpc) is 3.15. The molecule has 9 heteroatoms. The number of hydrogen-bond acceptors (Lipinski definition) is 4. The minimum absolute atomic E-state index is 0.189. The first-order chi connectivity index (χ1) is 12.3. The van der Waals surface area contributed by atoms with Crippen LogP contribution in [0.3, 0.4) is 0 Å². The second-order valence-corrected chi connectivity index (χ2v) is 8.64. The third-order valence-electron chi connectivity index (χ3n) is 5.10. The van der Waals surface area contributed by atoms with Crippen LogP contribution in [0.25, 0.3) is 0 Å². The molecule has 0 aliphatic carbocycles. The van der Waals surface area contributed by atoms with Crippen LogP contribution in [0.2, 0.25) is 0 Å². The number of nitrogens with zero attached hydrogens (tertiary/aromatic N) is 1. The maximum Gasteiger partial charge on any atom is 0.416 e. The molecule has 1 N–H and O–H groups in total. The predicted molar refractivity (Wildman–Crippen MR) is 90.2 cm³/mol. The fourth-order valence-electron chi connectivity index (χ4n) is 3.48. The highest BCUT2D eigenvalue weighted by molar-refractivity contribution is 7.89. The molecule has 0 spiro atoms. The van der Waals surface area contributed by atoms with Crippen molar-refractivity contribution in [3.05, 3.63) is 29.8 Å². The van der Waals surface area contributed by atoms with Crippen LogP contribution in [0.4, 0.5) is 13.2 Å². The van der Waals surface area contributed by atoms with Crippen molar-refractivity contribution in [2.45, 2.75) is 36.4 Å². The lowest BCUT2D eigenvalue weighted by Crippen LogP contribution is -2.43. The van der Waals surface area contributed by atoms with Gasteiger partial charge in [0, 0.05) is 19.2 Å². The summed E-state index contributed by atoms with van der Waals surface area (Å²) in [5, 5.41) is 0. The molecule has 0 saturated carbocycles. The summed E-state index contributed by atoms with van der Waals surface area (Å²) in [5.74, 6) is 0.189. The Balaban J connectivity index is 1.54. The lowest BCUT2D eigenvalue weighted by molar-refractivity contribution is -0.137. The Hall–Kier alpha value is -1.16. The van der Waals surface area contributed by atoms with Crippen LogP contribution in [0.5, 0.6) is 0 Å². The number of piperidine rings is 1. The molecule has 2 fully saturated rings. The molecule has 0 aromatic heterocycles. The number of ether oxygens (including phenoxy) is 1. The van der Waals surface area contributed by atoms with Gasteiger partial charge in [-0.2, -0.15) is 13.2 Å². The number of halogens is 3. The molecule has 2 heterocycles. The van der Waals surface area contributed by atoms with Crippen LogP contribution in [0.1, 0.15) is 24.8 Å². The average molecular weight is 392 g/mol. The minimum atomic E-state index is -4.57. The summed E-state index contributed by atoms with van der Waals surface area (Å²) in [6.07, 6.45) is -1.81. The van der Waals surface area contributed by atoms with Gasteiger partial charge in [-0.1, -0.05) is 6.07 Å². The van der Waals surface area contributed by atoms with Crippen molar-refractivity contribution < 1.29 is 26.3 Å². The summed E-state index contributed by atoms with van der Waals surface area (Å²) in [4.78, 5) is 2.03. The highest BCUT2D eigenvalue weighted by Crippen LogP contribution is 2.30. The van der Waals surface area contributed by atoms with E-state index in [4.69, 9.17) is 4.74 Å². The maximum absolute atomic E-state index is 12.8. The Morgan fingerprint density at radius 1 is 1.19 bits per heavy atom. The van der Waals surface area contributed by atoms with Gasteiger partial charge < -0.3 is 4.74 Å². The van der Waals surface area contributed by atoms with Crippen LogP contribution in [0, 0.1) is 5.92 Å². The van der Waals surface area contributed by atoms with Gasteiger partial charge >= 0.3 is 6.18 Å². The Morgan fingerprint density at radius 3 is 2.54 bits per heavy atom. The van der Waals surface area contributed by atoms with Crippen molar-refractivity contribution in [1.82, 2.24) is 9.62 Å². The summed E-state index contributed by atoms with van der Waals surface area (Å²) in [7, 11) is -3.96. The van der Waals surface area contributed by atoms with Gasteiger partial charge in [-0.15, -0.1) is 0 Å². The second-order valence-electron chi connectivity index (χ2n) is 6.87. The van der Waals surface area contributed by atoms with Gasteiger partial charge in [0.15, 0.2) is 0 Å². The molecular formula is C17H23F3N2O3S. The van der Waals surface area contributed by atoms with Gasteiger partial charge in [-0.25, -0.2) is 13.1 Å². The van der Waals surface area contributed by atoms with Crippen LogP contribution < -0.4 is 4.72 Å². The van der Waals surface area contributed by atoms with Gasteiger partial charge in [0.25, 0.3) is 0 Å². The first-order valence-electron chi connectivity index (χ1n) is 8.74. The molecule has 3 rings (SSSR count). The zero-order valence-electron chi connectivity index (χ0n) is 14.3. The number of nitrogens with one attached hydrogen (secondary N) is 1. The Bertz CT molecular complexity index is 710. The van der Waals surface area contributed by atoms with Crippen molar-refractivity contribution in [1.29, 1.82) is 0 Å². The normalized spacial score (nSPS) is 23.4. The third kappa shape index (κ3) is 4.76. The van der Waals surface area contributed by atoms with Crippen molar-refractivity contribution in [2.24, 2.45) is 5.92 Å². The molecule has 1 unspecified atom stereocenters. The first kappa shape index (κ1) is 19.6. The van der Waals surface area contributed by atoms with Gasteiger partial charge in [-0.05, 0) is 56.5 Å². The van der Waals surface area contributed by atoms with Crippen LogP contribution in [0.15, 0.2) is 29.2 Å². The largest absolute Gasteiger partial charge is 0.416 e. The number of sulfonamides is 1. The van der Waals surface area contributed by atoms with Crippen molar-refractivity contribution in [2.75, 3.05) is 32.8 Å². The summed E-state index contributed by atoms with van der Waals surface area (Å²) in [5.41, 5.74) is -0.965. The Kier molecular flexibility index (Phi) is 5.91. The van der Waals surface area contributed by atoms with E-state index in [2.05, 4.69) is 9.62 Å². The summed E-state index contributed by atoms with van der Waals surface area (Å²) < 4.78 is 70.8. The van der Waals surface area contributed by atoms with Crippen LogP contribution >= 0.6 is 0 Å². The standard InChI is InChI=1S/C17H23F3N2O3S/c18-17(19,20)14-2-1-3-16(10-14)26(23,24)21-11-13-4-7-22(8-5-13)15-6-9-25-12-15/h1-3,10,13,15,21H,4-9,11-12H2. The molecular weight excluding hydrogens is 369 g/mol. The molecule has 2 aliphatic heterocycles. The predicted octanol–water partition coefficient (Wildman–Crippen LogP) is 2.48. The fraction of sp³-hybridized carbons (Fsp3) is 0.647. The van der Waals surface area contributed by atoms with Crippen molar-refractivity contribution >= 4 is 10.0 Å². The van der Waals surface area contributed by atoms with E-state index in [1.165, 1.54) is 6.07 Å². The fourth-order valence-corrected chi connectivity index (χ4v) is 4.64. The molecule has 5 nitrogen and oxygen atoms in total. The molecule has 2 aliphatic rings. The van der Waals surface area contributed by atoms with E-state index in [1.807, 2.05) is 0 Å². The summed E-state index contributed by atoms with van der Waals surface area (Å²) in [6.45, 7) is 3.58. The molecule has 0 amide bonds. The molecule has 146 valence electrons. The minimum Gasteiger partial charge on any atom is -0.380 e. The van der Waals surface area contributed by atoms with Gasteiger partial charge in [0.1, 0.15) is 0 Å². The lowest BCUT2D eigenvalue weighted by atomic mass is 9.96. The van der Waals surface area contributed by atoms with Crippen molar-refractivity contribution in [3.63, 3.8) is 0 Å². The number of likely N-dealkylation sites (tertiary alicyclic amines) is 1. The van der Waals surface area contributed by atoms with E-state index in [1.54, 1.807) is 0 Å². The zero-order valence-corrected chi connectivity index (χ0v) is 15.2. The van der Waals surface area contributed by atoms with E-state index in [0.717, 1.165) is 57.7 Å². The maximum atomic E-state index is 12.8. The summed E-state index contributed by atoms with van der Waals surface area (Å²) >= 11 is 0. The highest BCUT2D eigenvalue weighted by atomic mass is 32.2. The summed E-state index contributed by atoms with van der Waals surface area (Å²) in [6, 6.07) is 4.28. The van der Waals surface area contributed by atoms with E-state index < -0.39 is 21.8 Å². The van der Waals surface area contributed by atoms with E-state index in [9.17, 15) is 21.6 Å². The quantitative estimate of drug-likeness (QED) is 0.837. The Labute approximate surface area is 151 Å². The molecule has 1 aromatic carbocycles. The number of alkyl halides is 3. The number of rotatable bonds is 5. The van der Waals surface area contributed by atoms with Crippen molar-refractivity contribution in [3.8, 4) is 0 Å². The molecule has 1 aromatic rings. The number of hydrogen-bond donors (Lipinski definition) is 1. The molecule has 2 saturated heterocycles. The van der Waals surface area contributed by atoms with Crippen LogP contribution in [-0.2, 0) is 20.9 Å². The van der Waals surface area contributed by atoms with Gasteiger partial charge in [0.05, 0.1) is 17.1 Å². The third-order valence-corrected chi connectivity index (χ3v) is 6.53. The molecule has 0 bridgehead atoms. The Morgan fingerprint density at radius 2 is 1.92 bits per heavy atom. The first-order valence-corrected chi connectivity index (χ1v) is 10.2. The van der Waals surface area contributed by atoms with E-state index in [0.29, 0.717) is 12.1 Å². The highest BCUT2D eigenvalue weighted by Gasteiger charge is 2.32. The SMILES string of the molecule is O=S(=O)(NCC1CCN(C2CCOC2)CC1)c1cccc(C(F)(F)F)c1. The van der Waals surface area contributed by atoms with Crippen LogP contribution in [-0.4, -0.2) is 52.2 Å². The van der Waals surface area contributed by atoms with Gasteiger partial charge in [-0.3, -0.25) is 4.90 Å². The molecule has 1 atom stereocenters. The number of benzene rings is 1. The smallest absolute Gasteiger partial charge is 0.380 e. The second kappa shape index (κ2) is 7.84. The van der Waals surface area contributed by atoms with Gasteiger partial charge in [0.2, 0.25) is 10.0 Å². The zero-order chi connectivity index (χ0) is 18.8. The topological polar surface area (TPSA) is 58.6 Å². The monoisotopic (exact) mass is 392 g/mol. The lowest BCUT2D eigenvalue weighted by Gasteiger charge is -2.35. The van der Waals surface area contributed by atoms with E-state index >= 15 is 0 Å². The molecule has 0 radical (unpaired) electrons. The van der Waals surface area contributed by atoms with E-state index in [-0.39, 0.29) is 17.4 Å². The molecule has 26 heavy (non-hydrogen) atoms.